The molecule has 0 aromatic heterocycles. The molecule has 2 atom stereocenters. The third-order valence-corrected chi connectivity index (χ3v) is 3.30. The number of hydrogen-bond donors (Lipinski definition) is 4. The van der Waals surface area contributed by atoms with Gasteiger partial charge in [0, 0.05) is 19.5 Å². The van der Waals surface area contributed by atoms with Crippen molar-refractivity contribution in [3.8, 4) is 0 Å². The zero-order valence-corrected chi connectivity index (χ0v) is 11.4. The summed E-state index contributed by atoms with van der Waals surface area (Å²) in [5.74, 6) is -1.73. The third-order valence-electron chi connectivity index (χ3n) is 3.30. The van der Waals surface area contributed by atoms with Gasteiger partial charge in [0.15, 0.2) is 0 Å². The summed E-state index contributed by atoms with van der Waals surface area (Å²) in [6, 6.07) is -1.62. The van der Waals surface area contributed by atoms with Crippen molar-refractivity contribution < 1.29 is 19.5 Å². The van der Waals surface area contributed by atoms with Crippen LogP contribution >= 0.6 is 0 Å². The lowest BCUT2D eigenvalue weighted by Crippen LogP contribution is -2.51. The van der Waals surface area contributed by atoms with E-state index in [9.17, 15) is 14.4 Å². The zero-order chi connectivity index (χ0) is 15.1. The van der Waals surface area contributed by atoms with Crippen molar-refractivity contribution in [3.63, 3.8) is 0 Å². The second kappa shape index (κ2) is 7.81. The lowest BCUT2D eigenvalue weighted by atomic mass is 10.1. The summed E-state index contributed by atoms with van der Waals surface area (Å²) in [5, 5.41) is 11.4. The molecule has 0 saturated carbocycles. The Morgan fingerprint density at radius 2 is 2.00 bits per heavy atom. The molecule has 8 heteroatoms. The first kappa shape index (κ1) is 16.4. The molecule has 20 heavy (non-hydrogen) atoms. The predicted octanol–water partition coefficient (Wildman–Crippen LogP) is -1.76. The van der Waals surface area contributed by atoms with E-state index in [-0.39, 0.29) is 31.8 Å². The third kappa shape index (κ3) is 4.17. The topological polar surface area (TPSA) is 139 Å². The summed E-state index contributed by atoms with van der Waals surface area (Å²) in [5.41, 5.74) is 10.7. The fourth-order valence-corrected chi connectivity index (χ4v) is 2.30. The molecule has 0 spiro atoms. The highest BCUT2D eigenvalue weighted by Crippen LogP contribution is 2.18. The van der Waals surface area contributed by atoms with E-state index in [4.69, 9.17) is 16.6 Å². The fraction of sp³-hybridized carbons (Fsp3) is 0.750. The monoisotopic (exact) mass is 286 g/mol. The molecule has 6 N–H and O–H groups in total. The van der Waals surface area contributed by atoms with Crippen LogP contribution < -0.4 is 16.8 Å². The van der Waals surface area contributed by atoms with Crippen molar-refractivity contribution in [1.82, 2.24) is 10.2 Å². The Labute approximate surface area is 117 Å². The van der Waals surface area contributed by atoms with Crippen LogP contribution in [-0.2, 0) is 14.4 Å². The molecule has 114 valence electrons. The van der Waals surface area contributed by atoms with Crippen molar-refractivity contribution in [2.24, 2.45) is 11.5 Å². The van der Waals surface area contributed by atoms with Gasteiger partial charge < -0.3 is 26.8 Å². The molecular weight excluding hydrogens is 264 g/mol. The number of carboxylic acid groups (broad SMARTS) is 1. The molecule has 0 bridgehead atoms. The van der Waals surface area contributed by atoms with Crippen molar-refractivity contribution in [1.29, 1.82) is 0 Å². The standard InChI is InChI=1S/C12H22N4O4/c13-5-3-8(12(19)20)15-11(18)9-2-1-7-16(9)10(17)4-6-14/h8-9H,1-7,13-14H2,(H,15,18)(H,19,20)/t8-,9-/m0/s1. The summed E-state index contributed by atoms with van der Waals surface area (Å²) < 4.78 is 0. The zero-order valence-electron chi connectivity index (χ0n) is 11.4. The van der Waals surface area contributed by atoms with E-state index in [0.717, 1.165) is 6.42 Å². The highest BCUT2D eigenvalue weighted by molar-refractivity contribution is 5.90. The Kier molecular flexibility index (Phi) is 6.40. The summed E-state index contributed by atoms with van der Waals surface area (Å²) in [4.78, 5) is 36.4. The van der Waals surface area contributed by atoms with Gasteiger partial charge in [0.1, 0.15) is 12.1 Å². The van der Waals surface area contributed by atoms with E-state index in [0.29, 0.717) is 13.0 Å². The second-order valence-corrected chi connectivity index (χ2v) is 4.76. The number of likely N-dealkylation sites (tertiary alicyclic amines) is 1. The van der Waals surface area contributed by atoms with Gasteiger partial charge in [0.25, 0.3) is 0 Å². The molecule has 1 saturated heterocycles. The van der Waals surface area contributed by atoms with Crippen LogP contribution in [0, 0.1) is 0 Å². The quantitative estimate of drug-likeness (QED) is 0.437. The Morgan fingerprint density at radius 3 is 2.55 bits per heavy atom. The highest BCUT2D eigenvalue weighted by Gasteiger charge is 2.35. The van der Waals surface area contributed by atoms with E-state index in [1.807, 2.05) is 0 Å². The van der Waals surface area contributed by atoms with Crippen molar-refractivity contribution in [2.45, 2.75) is 37.8 Å². The first-order chi connectivity index (χ1) is 9.51. The molecule has 1 aliphatic heterocycles. The molecule has 1 heterocycles. The Hall–Kier alpha value is -1.67. The minimum absolute atomic E-state index is 0.157. The molecule has 2 amide bonds. The van der Waals surface area contributed by atoms with Crippen LogP contribution in [0.2, 0.25) is 0 Å². The van der Waals surface area contributed by atoms with Gasteiger partial charge in [-0.15, -0.1) is 0 Å². The smallest absolute Gasteiger partial charge is 0.326 e. The van der Waals surface area contributed by atoms with E-state index in [2.05, 4.69) is 5.32 Å². The van der Waals surface area contributed by atoms with Crippen molar-refractivity contribution in [3.05, 3.63) is 0 Å². The number of hydrogen-bond acceptors (Lipinski definition) is 5. The van der Waals surface area contributed by atoms with Crippen LogP contribution in [0.4, 0.5) is 0 Å². The molecule has 0 aliphatic carbocycles. The first-order valence-electron chi connectivity index (χ1n) is 6.74. The van der Waals surface area contributed by atoms with E-state index >= 15 is 0 Å². The van der Waals surface area contributed by atoms with E-state index in [1.54, 1.807) is 0 Å². The number of nitrogens with two attached hydrogens (primary N) is 2. The minimum atomic E-state index is -1.12. The van der Waals surface area contributed by atoms with Crippen LogP contribution in [0.1, 0.15) is 25.7 Å². The number of nitrogens with zero attached hydrogens (tertiary/aromatic N) is 1. The summed E-state index contributed by atoms with van der Waals surface area (Å²) in [7, 11) is 0. The SMILES string of the molecule is NCCC(=O)N1CCC[C@H]1C(=O)N[C@@H](CCN)C(=O)O. The Balaban J connectivity index is 2.65. The average molecular weight is 286 g/mol. The lowest BCUT2D eigenvalue weighted by Gasteiger charge is -2.25. The van der Waals surface area contributed by atoms with Gasteiger partial charge in [0.05, 0.1) is 0 Å². The van der Waals surface area contributed by atoms with Crippen molar-refractivity contribution >= 4 is 17.8 Å². The maximum atomic E-state index is 12.1. The van der Waals surface area contributed by atoms with Gasteiger partial charge in [-0.2, -0.15) is 0 Å². The molecule has 1 rings (SSSR count). The maximum Gasteiger partial charge on any atom is 0.326 e. The molecule has 0 unspecified atom stereocenters. The van der Waals surface area contributed by atoms with Crippen LogP contribution in [0.5, 0.6) is 0 Å². The largest absolute Gasteiger partial charge is 0.480 e. The second-order valence-electron chi connectivity index (χ2n) is 4.76. The number of aliphatic carboxylic acids is 1. The lowest BCUT2D eigenvalue weighted by molar-refractivity contribution is -0.144. The molecule has 1 fully saturated rings. The van der Waals surface area contributed by atoms with E-state index < -0.39 is 24.0 Å². The normalized spacial score (nSPS) is 19.7. The minimum Gasteiger partial charge on any atom is -0.480 e. The van der Waals surface area contributed by atoms with Crippen LogP contribution in [0.3, 0.4) is 0 Å². The summed E-state index contributed by atoms with van der Waals surface area (Å²) >= 11 is 0. The van der Waals surface area contributed by atoms with Crippen LogP contribution in [0.15, 0.2) is 0 Å². The number of carbonyl (C=O) groups excluding carboxylic acids is 2. The number of nitrogens with one attached hydrogen (secondary N) is 1. The molecule has 0 aromatic carbocycles. The molecule has 1 aliphatic rings. The highest BCUT2D eigenvalue weighted by atomic mass is 16.4. The van der Waals surface area contributed by atoms with Crippen molar-refractivity contribution in [2.75, 3.05) is 19.6 Å². The van der Waals surface area contributed by atoms with Gasteiger partial charge in [-0.05, 0) is 25.8 Å². The van der Waals surface area contributed by atoms with Gasteiger partial charge in [0.2, 0.25) is 11.8 Å². The van der Waals surface area contributed by atoms with Gasteiger partial charge in [-0.1, -0.05) is 0 Å². The van der Waals surface area contributed by atoms with Gasteiger partial charge >= 0.3 is 5.97 Å². The number of carboxylic acids is 1. The summed E-state index contributed by atoms with van der Waals surface area (Å²) in [6.45, 7) is 0.901. The molecular formula is C12H22N4O4. The number of rotatable bonds is 7. The predicted molar refractivity (Wildman–Crippen MR) is 71.6 cm³/mol. The molecule has 8 nitrogen and oxygen atoms in total. The Morgan fingerprint density at radius 1 is 1.30 bits per heavy atom. The van der Waals surface area contributed by atoms with Gasteiger partial charge in [-0.3, -0.25) is 9.59 Å². The van der Waals surface area contributed by atoms with Crippen LogP contribution in [0.25, 0.3) is 0 Å². The van der Waals surface area contributed by atoms with E-state index in [1.165, 1.54) is 4.90 Å². The maximum absolute atomic E-state index is 12.1. The number of carbonyl (C=O) groups is 3. The van der Waals surface area contributed by atoms with Gasteiger partial charge in [-0.25, -0.2) is 4.79 Å². The van der Waals surface area contributed by atoms with Crippen LogP contribution in [-0.4, -0.2) is 59.5 Å². The molecule has 0 aromatic rings. The fourth-order valence-electron chi connectivity index (χ4n) is 2.30. The summed E-state index contributed by atoms with van der Waals surface area (Å²) in [6.07, 6.45) is 1.61. The Bertz CT molecular complexity index is 374. The number of amides is 2. The first-order valence-corrected chi connectivity index (χ1v) is 6.74. The molecule has 0 radical (unpaired) electrons. The average Bonchev–Trinajstić information content (AvgIpc) is 2.87.